The average Bonchev–Trinajstić information content (AvgIpc) is 2.51. The number of rotatable bonds is 5. The molecular formula is C7H12F2N4O. The molecule has 1 aromatic heterocycles. The standard InChI is InChI=1S/C7H12F2N4O/c1-13-6(11-4-12-13)3-10-2-5(14)7(8)9/h4-5,7,10,14H,2-3H2,1H3. The van der Waals surface area contributed by atoms with Gasteiger partial charge in [0.1, 0.15) is 18.3 Å². The fourth-order valence-electron chi connectivity index (χ4n) is 0.901. The molecule has 5 nitrogen and oxygen atoms in total. The molecule has 1 rings (SSSR count). The van der Waals surface area contributed by atoms with Crippen molar-refractivity contribution in [3.05, 3.63) is 12.2 Å². The van der Waals surface area contributed by atoms with E-state index >= 15 is 0 Å². The summed E-state index contributed by atoms with van der Waals surface area (Å²) in [6.45, 7) is 0.144. The molecule has 7 heteroatoms. The Morgan fingerprint density at radius 2 is 2.36 bits per heavy atom. The maximum absolute atomic E-state index is 11.9. The van der Waals surface area contributed by atoms with Crippen LogP contribution in [0.4, 0.5) is 8.78 Å². The molecule has 0 aliphatic carbocycles. The van der Waals surface area contributed by atoms with Crippen LogP contribution >= 0.6 is 0 Å². The first kappa shape index (κ1) is 11.0. The van der Waals surface area contributed by atoms with Crippen molar-refractivity contribution in [2.75, 3.05) is 6.54 Å². The maximum atomic E-state index is 11.9. The van der Waals surface area contributed by atoms with Gasteiger partial charge in [0, 0.05) is 13.6 Å². The van der Waals surface area contributed by atoms with Gasteiger partial charge >= 0.3 is 0 Å². The van der Waals surface area contributed by atoms with E-state index in [1.165, 1.54) is 11.0 Å². The molecule has 2 N–H and O–H groups in total. The van der Waals surface area contributed by atoms with Crippen molar-refractivity contribution in [1.82, 2.24) is 20.1 Å². The highest BCUT2D eigenvalue weighted by Crippen LogP contribution is 1.99. The lowest BCUT2D eigenvalue weighted by atomic mass is 10.3. The highest BCUT2D eigenvalue weighted by molar-refractivity contribution is 4.82. The van der Waals surface area contributed by atoms with Gasteiger partial charge in [0.15, 0.2) is 0 Å². The average molecular weight is 206 g/mol. The molecular weight excluding hydrogens is 194 g/mol. The van der Waals surface area contributed by atoms with Crippen molar-refractivity contribution in [1.29, 1.82) is 0 Å². The number of aromatic nitrogens is 3. The van der Waals surface area contributed by atoms with E-state index in [1.54, 1.807) is 7.05 Å². The smallest absolute Gasteiger partial charge is 0.265 e. The maximum Gasteiger partial charge on any atom is 0.265 e. The summed E-state index contributed by atoms with van der Waals surface area (Å²) in [5.41, 5.74) is 0. The van der Waals surface area contributed by atoms with Crippen LogP contribution in [0.25, 0.3) is 0 Å². The van der Waals surface area contributed by atoms with Crippen molar-refractivity contribution in [3.63, 3.8) is 0 Å². The fraction of sp³-hybridized carbons (Fsp3) is 0.714. The Hall–Kier alpha value is -1.08. The predicted molar refractivity (Wildman–Crippen MR) is 44.7 cm³/mol. The van der Waals surface area contributed by atoms with Gasteiger partial charge < -0.3 is 10.4 Å². The Balaban J connectivity index is 2.25. The van der Waals surface area contributed by atoms with Crippen molar-refractivity contribution in [2.45, 2.75) is 19.1 Å². The van der Waals surface area contributed by atoms with Gasteiger partial charge in [-0.2, -0.15) is 5.10 Å². The second kappa shape index (κ2) is 4.97. The summed E-state index contributed by atoms with van der Waals surface area (Å²) >= 11 is 0. The third kappa shape index (κ3) is 3.00. The zero-order valence-electron chi connectivity index (χ0n) is 7.69. The fourth-order valence-corrected chi connectivity index (χ4v) is 0.901. The second-order valence-electron chi connectivity index (χ2n) is 2.83. The Bertz CT molecular complexity index is 278. The molecule has 0 spiro atoms. The summed E-state index contributed by atoms with van der Waals surface area (Å²) in [6, 6.07) is 0. The number of nitrogens with one attached hydrogen (secondary N) is 1. The number of aliphatic hydroxyl groups excluding tert-OH is 1. The Labute approximate surface area is 79.8 Å². The van der Waals surface area contributed by atoms with Gasteiger partial charge in [-0.05, 0) is 0 Å². The van der Waals surface area contributed by atoms with Crippen molar-refractivity contribution in [2.24, 2.45) is 7.05 Å². The minimum absolute atomic E-state index is 0.162. The van der Waals surface area contributed by atoms with E-state index in [-0.39, 0.29) is 6.54 Å². The van der Waals surface area contributed by atoms with Crippen LogP contribution in [-0.2, 0) is 13.6 Å². The van der Waals surface area contributed by atoms with Crippen LogP contribution in [0.5, 0.6) is 0 Å². The molecule has 14 heavy (non-hydrogen) atoms. The van der Waals surface area contributed by atoms with Crippen LogP contribution in [0.15, 0.2) is 6.33 Å². The molecule has 0 aliphatic heterocycles. The molecule has 0 saturated carbocycles. The van der Waals surface area contributed by atoms with Crippen LogP contribution in [0.1, 0.15) is 5.82 Å². The lowest BCUT2D eigenvalue weighted by molar-refractivity contribution is -0.00351. The quantitative estimate of drug-likeness (QED) is 0.683. The molecule has 0 aromatic carbocycles. The topological polar surface area (TPSA) is 63.0 Å². The number of halogens is 2. The molecule has 0 bridgehead atoms. The van der Waals surface area contributed by atoms with Crippen molar-refractivity contribution in [3.8, 4) is 0 Å². The lowest BCUT2D eigenvalue weighted by Crippen LogP contribution is -2.32. The van der Waals surface area contributed by atoms with Gasteiger partial charge in [-0.25, -0.2) is 13.8 Å². The van der Waals surface area contributed by atoms with Crippen molar-refractivity contribution >= 4 is 0 Å². The summed E-state index contributed by atoms with van der Waals surface area (Å²) < 4.78 is 25.2. The highest BCUT2D eigenvalue weighted by Gasteiger charge is 2.15. The van der Waals surface area contributed by atoms with Crippen LogP contribution in [-0.4, -0.2) is 38.9 Å². The number of aryl methyl sites for hydroxylation is 1. The van der Waals surface area contributed by atoms with E-state index in [0.29, 0.717) is 12.4 Å². The minimum atomic E-state index is -2.72. The van der Waals surface area contributed by atoms with Gasteiger partial charge in [-0.1, -0.05) is 0 Å². The molecule has 0 aliphatic rings. The second-order valence-corrected chi connectivity index (χ2v) is 2.83. The summed E-state index contributed by atoms with van der Waals surface area (Å²) in [7, 11) is 1.70. The molecule has 0 radical (unpaired) electrons. The third-order valence-electron chi connectivity index (χ3n) is 1.73. The van der Waals surface area contributed by atoms with E-state index in [0.717, 1.165) is 0 Å². The Kier molecular flexibility index (Phi) is 3.90. The normalized spacial score (nSPS) is 13.5. The van der Waals surface area contributed by atoms with Crippen LogP contribution in [0.3, 0.4) is 0 Å². The van der Waals surface area contributed by atoms with E-state index in [9.17, 15) is 8.78 Å². The van der Waals surface area contributed by atoms with Crippen LogP contribution in [0, 0.1) is 0 Å². The van der Waals surface area contributed by atoms with Gasteiger partial charge in [0.25, 0.3) is 6.43 Å². The summed E-state index contributed by atoms with van der Waals surface area (Å²) in [6.07, 6.45) is -2.98. The summed E-state index contributed by atoms with van der Waals surface area (Å²) in [5.74, 6) is 0.631. The van der Waals surface area contributed by atoms with E-state index < -0.39 is 12.5 Å². The highest BCUT2D eigenvalue weighted by atomic mass is 19.3. The number of hydrogen-bond acceptors (Lipinski definition) is 4. The number of nitrogens with zero attached hydrogens (tertiary/aromatic N) is 3. The van der Waals surface area contributed by atoms with Crippen LogP contribution in [0.2, 0.25) is 0 Å². The summed E-state index contributed by atoms with van der Waals surface area (Å²) in [5, 5.41) is 15.2. The summed E-state index contributed by atoms with van der Waals surface area (Å²) in [4.78, 5) is 3.88. The Morgan fingerprint density at radius 1 is 1.64 bits per heavy atom. The first-order valence-electron chi connectivity index (χ1n) is 4.11. The van der Waals surface area contributed by atoms with Gasteiger partial charge in [-0.3, -0.25) is 4.68 Å². The molecule has 0 amide bonds. The molecule has 0 saturated heterocycles. The van der Waals surface area contributed by atoms with Gasteiger partial charge in [-0.15, -0.1) is 0 Å². The van der Waals surface area contributed by atoms with E-state index in [2.05, 4.69) is 15.4 Å². The van der Waals surface area contributed by atoms with Crippen LogP contribution < -0.4 is 5.32 Å². The number of hydrogen-bond donors (Lipinski definition) is 2. The molecule has 0 fully saturated rings. The predicted octanol–water partition coefficient (Wildman–Crippen LogP) is -0.469. The zero-order chi connectivity index (χ0) is 10.6. The molecule has 1 aromatic rings. The molecule has 1 unspecified atom stereocenters. The third-order valence-corrected chi connectivity index (χ3v) is 1.73. The molecule has 1 atom stereocenters. The number of aliphatic hydroxyl groups is 1. The van der Waals surface area contributed by atoms with E-state index in [1.807, 2.05) is 0 Å². The SMILES string of the molecule is Cn1ncnc1CNCC(O)C(F)F. The monoisotopic (exact) mass is 206 g/mol. The first-order valence-corrected chi connectivity index (χ1v) is 4.11. The largest absolute Gasteiger partial charge is 0.386 e. The van der Waals surface area contributed by atoms with Crippen molar-refractivity contribution < 1.29 is 13.9 Å². The van der Waals surface area contributed by atoms with Gasteiger partial charge in [0.2, 0.25) is 0 Å². The zero-order valence-corrected chi connectivity index (χ0v) is 7.69. The lowest BCUT2D eigenvalue weighted by Gasteiger charge is -2.09. The first-order chi connectivity index (χ1) is 6.61. The number of alkyl halides is 2. The molecule has 1 heterocycles. The molecule has 80 valence electrons. The Morgan fingerprint density at radius 3 is 2.86 bits per heavy atom. The van der Waals surface area contributed by atoms with E-state index in [4.69, 9.17) is 5.11 Å². The minimum Gasteiger partial charge on any atom is -0.386 e. The van der Waals surface area contributed by atoms with Gasteiger partial charge in [0.05, 0.1) is 6.54 Å².